The number of aromatic hydroxyl groups is 1. The maximum atomic E-state index is 14.0. The van der Waals surface area contributed by atoms with Gasteiger partial charge in [0.2, 0.25) is 0 Å². The second kappa shape index (κ2) is 9.91. The number of carbonyl (C=O) groups excluding carboxylic acids is 1. The van der Waals surface area contributed by atoms with Crippen molar-refractivity contribution in [2.24, 2.45) is 0 Å². The fourth-order valence-electron chi connectivity index (χ4n) is 4.58. The number of carboxylic acid groups (broad SMARTS) is 1. The summed E-state index contributed by atoms with van der Waals surface area (Å²) in [6, 6.07) is 25.3. The molecule has 1 aliphatic heterocycles. The number of phenolic OH excluding ortho intramolecular Hbond substituents is 1. The van der Waals surface area contributed by atoms with Crippen molar-refractivity contribution < 1.29 is 19.8 Å². The van der Waals surface area contributed by atoms with Crippen LogP contribution >= 0.6 is 0 Å². The van der Waals surface area contributed by atoms with Crippen LogP contribution in [0.2, 0.25) is 0 Å². The number of hydrogen-bond acceptors (Lipinski definition) is 5. The lowest BCUT2D eigenvalue weighted by Crippen LogP contribution is -2.57. The Morgan fingerprint density at radius 2 is 1.64 bits per heavy atom. The first kappa shape index (κ1) is 23.1. The molecule has 5 rings (SSSR count). The van der Waals surface area contributed by atoms with Gasteiger partial charge in [-0.05, 0) is 24.1 Å². The van der Waals surface area contributed by atoms with Gasteiger partial charge in [0, 0.05) is 31.3 Å². The Bertz CT molecular complexity index is 1370. The van der Waals surface area contributed by atoms with E-state index in [9.17, 15) is 19.8 Å². The van der Waals surface area contributed by atoms with Crippen LogP contribution in [0.5, 0.6) is 5.75 Å². The van der Waals surface area contributed by atoms with Gasteiger partial charge in [0.15, 0.2) is 5.69 Å². The first-order valence-electron chi connectivity index (χ1n) is 11.6. The predicted octanol–water partition coefficient (Wildman–Crippen LogP) is 3.69. The smallest absolute Gasteiger partial charge is 0.407 e. The van der Waals surface area contributed by atoms with E-state index in [-0.39, 0.29) is 43.0 Å². The molecule has 9 nitrogen and oxygen atoms in total. The number of carbonyl (C=O) groups is 2. The van der Waals surface area contributed by atoms with Crippen LogP contribution < -0.4 is 0 Å². The second-order valence-electron chi connectivity index (χ2n) is 8.66. The molecule has 0 saturated carbocycles. The van der Waals surface area contributed by atoms with E-state index < -0.39 is 6.09 Å². The van der Waals surface area contributed by atoms with Gasteiger partial charge >= 0.3 is 6.09 Å². The highest BCUT2D eigenvalue weighted by Crippen LogP contribution is 2.28. The lowest BCUT2D eigenvalue weighted by atomic mass is 10.0. The van der Waals surface area contributed by atoms with Crippen LogP contribution in [0.1, 0.15) is 16.1 Å². The van der Waals surface area contributed by atoms with E-state index >= 15 is 0 Å². The molecule has 2 heterocycles. The maximum Gasteiger partial charge on any atom is 0.407 e. The summed E-state index contributed by atoms with van der Waals surface area (Å²) in [5.74, 6) is -0.242. The zero-order chi connectivity index (χ0) is 25.1. The minimum Gasteiger partial charge on any atom is -0.508 e. The number of rotatable bonds is 5. The van der Waals surface area contributed by atoms with Gasteiger partial charge in [0.05, 0.1) is 11.7 Å². The quantitative estimate of drug-likeness (QED) is 0.448. The molecule has 0 bridgehead atoms. The molecule has 0 spiro atoms. The summed E-state index contributed by atoms with van der Waals surface area (Å²) in [4.78, 5) is 28.7. The molecule has 1 fully saturated rings. The molecule has 0 aliphatic carbocycles. The highest BCUT2D eigenvalue weighted by Gasteiger charge is 2.36. The summed E-state index contributed by atoms with van der Waals surface area (Å²) in [5.41, 5.74) is 3.01. The maximum absolute atomic E-state index is 14.0. The minimum absolute atomic E-state index is 0.0719. The summed E-state index contributed by atoms with van der Waals surface area (Å²) in [7, 11) is 0. The van der Waals surface area contributed by atoms with Crippen LogP contribution in [0.4, 0.5) is 4.79 Å². The first-order chi connectivity index (χ1) is 17.5. The van der Waals surface area contributed by atoms with Crippen LogP contribution in [0, 0.1) is 0 Å². The van der Waals surface area contributed by atoms with Gasteiger partial charge < -0.3 is 20.0 Å². The van der Waals surface area contributed by atoms with E-state index in [4.69, 9.17) is 0 Å². The van der Waals surface area contributed by atoms with Gasteiger partial charge in [-0.2, -0.15) is 0 Å². The van der Waals surface area contributed by atoms with Crippen LogP contribution in [0.25, 0.3) is 16.9 Å². The van der Waals surface area contributed by atoms with Crippen molar-refractivity contribution in [3.8, 4) is 22.7 Å². The minimum atomic E-state index is -1.00. The molecular formula is C27H25N5O4. The Balaban J connectivity index is 1.55. The van der Waals surface area contributed by atoms with Crippen molar-refractivity contribution >= 4 is 12.0 Å². The average molecular weight is 484 g/mol. The van der Waals surface area contributed by atoms with Crippen LogP contribution in [0.15, 0.2) is 84.9 Å². The molecule has 0 radical (unpaired) electrons. The molecule has 182 valence electrons. The SMILES string of the molecule is O=C(O)N1CCN(C(=O)c2nnn(-c3cccc(O)c3)c2-c2ccccc2)[C@H](Cc2ccccc2)C1. The van der Waals surface area contributed by atoms with Gasteiger partial charge in [-0.15, -0.1) is 5.10 Å². The van der Waals surface area contributed by atoms with Gasteiger partial charge in [0.1, 0.15) is 11.4 Å². The normalized spacial score (nSPS) is 15.6. The predicted molar refractivity (Wildman–Crippen MR) is 133 cm³/mol. The molecule has 1 atom stereocenters. The van der Waals surface area contributed by atoms with E-state index in [1.165, 1.54) is 4.90 Å². The number of benzene rings is 3. The van der Waals surface area contributed by atoms with E-state index in [0.29, 0.717) is 17.8 Å². The van der Waals surface area contributed by atoms with Crippen LogP contribution in [-0.2, 0) is 6.42 Å². The number of amides is 2. The van der Waals surface area contributed by atoms with Gasteiger partial charge in [0.25, 0.3) is 5.91 Å². The Morgan fingerprint density at radius 1 is 0.917 bits per heavy atom. The summed E-state index contributed by atoms with van der Waals surface area (Å²) in [6.07, 6.45) is -0.488. The third-order valence-electron chi connectivity index (χ3n) is 6.32. The Morgan fingerprint density at radius 3 is 2.33 bits per heavy atom. The highest BCUT2D eigenvalue weighted by atomic mass is 16.4. The monoisotopic (exact) mass is 483 g/mol. The van der Waals surface area contributed by atoms with Crippen LogP contribution in [0.3, 0.4) is 0 Å². The number of piperazine rings is 1. The Kier molecular flexibility index (Phi) is 6.36. The lowest BCUT2D eigenvalue weighted by Gasteiger charge is -2.40. The number of nitrogens with zero attached hydrogens (tertiary/aromatic N) is 5. The molecule has 0 unspecified atom stereocenters. The number of phenols is 1. The molecule has 2 N–H and O–H groups in total. The van der Waals surface area contributed by atoms with Crippen LogP contribution in [-0.4, -0.2) is 72.7 Å². The standard InChI is InChI=1S/C27H25N5O4/c33-23-13-7-12-21(17-23)32-25(20-10-5-2-6-11-20)24(28-29-32)26(34)31-15-14-30(27(35)36)18-22(31)16-19-8-3-1-4-9-19/h1-13,17,22,33H,14-16,18H2,(H,35,36)/t22-/m1/s1. The molecule has 1 saturated heterocycles. The summed E-state index contributed by atoms with van der Waals surface area (Å²) < 4.78 is 1.54. The van der Waals surface area contributed by atoms with Gasteiger partial charge in [-0.1, -0.05) is 71.9 Å². The molecule has 4 aromatic rings. The molecule has 1 aliphatic rings. The third kappa shape index (κ3) is 4.63. The molecular weight excluding hydrogens is 458 g/mol. The average Bonchev–Trinajstić information content (AvgIpc) is 3.35. The molecule has 3 aromatic carbocycles. The first-order valence-corrected chi connectivity index (χ1v) is 11.6. The fraction of sp³-hybridized carbons (Fsp3) is 0.185. The lowest BCUT2D eigenvalue weighted by molar-refractivity contribution is 0.0446. The summed E-state index contributed by atoms with van der Waals surface area (Å²) in [6.45, 7) is 0.668. The molecule has 2 amide bonds. The third-order valence-corrected chi connectivity index (χ3v) is 6.32. The Labute approximate surface area is 207 Å². The summed E-state index contributed by atoms with van der Waals surface area (Å²) >= 11 is 0. The van der Waals surface area contributed by atoms with Crippen molar-refractivity contribution in [1.29, 1.82) is 0 Å². The topological polar surface area (TPSA) is 112 Å². The second-order valence-corrected chi connectivity index (χ2v) is 8.66. The van der Waals surface area contributed by atoms with Crippen molar-refractivity contribution in [3.05, 3.63) is 96.2 Å². The van der Waals surface area contributed by atoms with E-state index in [2.05, 4.69) is 10.3 Å². The van der Waals surface area contributed by atoms with Crippen molar-refractivity contribution in [3.63, 3.8) is 0 Å². The fourth-order valence-corrected chi connectivity index (χ4v) is 4.58. The van der Waals surface area contributed by atoms with E-state index in [0.717, 1.165) is 11.1 Å². The molecule has 1 aromatic heterocycles. The van der Waals surface area contributed by atoms with Crippen molar-refractivity contribution in [2.45, 2.75) is 12.5 Å². The van der Waals surface area contributed by atoms with Gasteiger partial charge in [-0.25, -0.2) is 9.48 Å². The molecule has 36 heavy (non-hydrogen) atoms. The van der Waals surface area contributed by atoms with E-state index in [1.54, 1.807) is 33.8 Å². The number of hydrogen-bond donors (Lipinski definition) is 2. The zero-order valence-electron chi connectivity index (χ0n) is 19.4. The molecule has 9 heteroatoms. The Hall–Kier alpha value is -4.66. The van der Waals surface area contributed by atoms with Crippen molar-refractivity contribution in [2.75, 3.05) is 19.6 Å². The van der Waals surface area contributed by atoms with Crippen molar-refractivity contribution in [1.82, 2.24) is 24.8 Å². The summed E-state index contributed by atoms with van der Waals surface area (Å²) in [5, 5.41) is 28.2. The highest BCUT2D eigenvalue weighted by molar-refractivity contribution is 5.98. The number of aromatic nitrogens is 3. The largest absolute Gasteiger partial charge is 0.508 e. The van der Waals surface area contributed by atoms with E-state index in [1.807, 2.05) is 60.7 Å². The zero-order valence-corrected chi connectivity index (χ0v) is 19.4. The van der Waals surface area contributed by atoms with Gasteiger partial charge in [-0.3, -0.25) is 4.79 Å².